The molecule has 5 nitrogen and oxygen atoms in total. The maximum absolute atomic E-state index is 10.3. The van der Waals surface area contributed by atoms with Gasteiger partial charge in [0.25, 0.3) is 11.8 Å². The first-order valence-corrected chi connectivity index (χ1v) is 8.55. The van der Waals surface area contributed by atoms with Crippen LogP contribution in [0.2, 0.25) is 0 Å². The summed E-state index contributed by atoms with van der Waals surface area (Å²) in [5, 5.41) is 20.3. The van der Waals surface area contributed by atoms with E-state index in [9.17, 15) is 10.2 Å². The van der Waals surface area contributed by atoms with E-state index in [0.29, 0.717) is 5.82 Å². The minimum absolute atomic E-state index is 0.0407. The number of fused-ring (bicyclic) bond motifs is 2. The molecule has 1 aromatic carbocycles. The summed E-state index contributed by atoms with van der Waals surface area (Å²) in [6.45, 7) is 4.10. The molecule has 0 saturated carbocycles. The van der Waals surface area contributed by atoms with Gasteiger partial charge in [0.15, 0.2) is 0 Å². The van der Waals surface area contributed by atoms with E-state index in [1.807, 2.05) is 0 Å². The van der Waals surface area contributed by atoms with Gasteiger partial charge in [-0.1, -0.05) is 29.8 Å². The monoisotopic (exact) mass is 325 g/mol. The molecule has 1 saturated heterocycles. The Balaban J connectivity index is 1.99. The van der Waals surface area contributed by atoms with Gasteiger partial charge in [-0.15, -0.1) is 0 Å². The quantitative estimate of drug-likeness (QED) is 0.782. The second kappa shape index (κ2) is 5.67. The Hall–Kier alpha value is -2.27. The van der Waals surface area contributed by atoms with Crippen LogP contribution in [0, 0.1) is 0 Å². The Morgan fingerprint density at radius 3 is 2.58 bits per heavy atom. The van der Waals surface area contributed by atoms with Gasteiger partial charge in [-0.3, -0.25) is 4.57 Å². The lowest BCUT2D eigenvalue weighted by Gasteiger charge is -2.26. The van der Waals surface area contributed by atoms with Gasteiger partial charge in [-0.25, -0.2) is 0 Å². The molecule has 0 bridgehead atoms. The average molecular weight is 325 g/mol. The highest BCUT2D eigenvalue weighted by Crippen LogP contribution is 2.42. The van der Waals surface area contributed by atoms with E-state index < -0.39 is 0 Å². The van der Waals surface area contributed by atoms with E-state index in [1.165, 1.54) is 16.7 Å². The molecule has 0 radical (unpaired) electrons. The molecule has 0 spiro atoms. The van der Waals surface area contributed by atoms with Crippen molar-refractivity contribution in [3.8, 4) is 11.8 Å². The van der Waals surface area contributed by atoms with Crippen LogP contribution >= 0.6 is 0 Å². The molecule has 0 aliphatic carbocycles. The molecule has 0 amide bonds. The fourth-order valence-corrected chi connectivity index (χ4v) is 3.97. The largest absolute Gasteiger partial charge is 0.491 e. The van der Waals surface area contributed by atoms with Crippen molar-refractivity contribution in [3.05, 3.63) is 46.8 Å². The molecule has 1 fully saturated rings. The molecule has 126 valence electrons. The molecule has 1 atom stereocenters. The zero-order valence-corrected chi connectivity index (χ0v) is 14.2. The van der Waals surface area contributed by atoms with Crippen LogP contribution in [0.15, 0.2) is 29.8 Å². The highest BCUT2D eigenvalue weighted by molar-refractivity contribution is 5.82. The van der Waals surface area contributed by atoms with Gasteiger partial charge in [0.05, 0.1) is 0 Å². The second-order valence-corrected chi connectivity index (χ2v) is 6.94. The first-order valence-electron chi connectivity index (χ1n) is 8.55. The maximum atomic E-state index is 10.3. The lowest BCUT2D eigenvalue weighted by Crippen LogP contribution is -2.27. The normalized spacial score (nSPS) is 21.3. The number of hydrogen-bond donors (Lipinski definition) is 2. The van der Waals surface area contributed by atoms with E-state index in [1.54, 1.807) is 4.57 Å². The van der Waals surface area contributed by atoms with Crippen LogP contribution in [0.3, 0.4) is 0 Å². The number of aromatic hydroxyl groups is 2. The molecule has 2 aliphatic heterocycles. The summed E-state index contributed by atoms with van der Waals surface area (Å²) in [4.78, 5) is 6.66. The first kappa shape index (κ1) is 15.3. The van der Waals surface area contributed by atoms with E-state index in [4.69, 9.17) is 0 Å². The Labute approximate surface area is 141 Å². The second-order valence-electron chi connectivity index (χ2n) is 6.94. The third kappa shape index (κ3) is 2.31. The number of hydrogen-bond acceptors (Lipinski definition) is 4. The van der Waals surface area contributed by atoms with Gasteiger partial charge in [-0.05, 0) is 44.4 Å². The van der Waals surface area contributed by atoms with E-state index in [0.717, 1.165) is 37.9 Å². The zero-order valence-electron chi connectivity index (χ0n) is 14.2. The topological polar surface area (TPSA) is 61.5 Å². The van der Waals surface area contributed by atoms with Gasteiger partial charge >= 0.3 is 0 Å². The minimum atomic E-state index is -0.276. The number of imidazole rings is 1. The summed E-state index contributed by atoms with van der Waals surface area (Å²) in [6.07, 6.45) is 2.79. The molecule has 1 aromatic heterocycles. The molecule has 2 aliphatic rings. The number of piperidine rings is 1. The smallest absolute Gasteiger partial charge is 0.275 e. The lowest BCUT2D eigenvalue weighted by molar-refractivity contribution is 0.313. The van der Waals surface area contributed by atoms with Crippen molar-refractivity contribution >= 4 is 5.57 Å². The number of benzene rings is 1. The molecule has 24 heavy (non-hydrogen) atoms. The van der Waals surface area contributed by atoms with Crippen LogP contribution in [0.4, 0.5) is 0 Å². The summed E-state index contributed by atoms with van der Waals surface area (Å²) < 4.78 is 1.79. The fraction of sp³-hybridized carbons (Fsp3) is 0.421. The third-order valence-corrected chi connectivity index (χ3v) is 5.28. The zero-order chi connectivity index (χ0) is 16.8. The highest BCUT2D eigenvalue weighted by atomic mass is 16.3. The van der Waals surface area contributed by atoms with Crippen molar-refractivity contribution in [2.75, 3.05) is 20.1 Å². The number of likely N-dealkylation sites (tertiary alicyclic amines) is 1. The molecular weight excluding hydrogens is 302 g/mol. The molecule has 4 rings (SSSR count). The van der Waals surface area contributed by atoms with Gasteiger partial charge in [0.2, 0.25) is 0 Å². The first-order chi connectivity index (χ1) is 11.6. The number of aromatic nitrogens is 2. The minimum Gasteiger partial charge on any atom is -0.491 e. The molecule has 2 N–H and O–H groups in total. The SMILES string of the molecule is CC1Cc2ccccc2C(=C2CCN(C)CC2)c2nc(O)c(O)n21. The fourth-order valence-electron chi connectivity index (χ4n) is 3.97. The Kier molecular flexibility index (Phi) is 3.61. The standard InChI is InChI=1S/C19H23N3O2/c1-12-11-14-5-3-4-6-15(14)16(13-7-9-21(2)10-8-13)17-20-18(23)19(24)22(12)17/h3-6,12,23-24H,7-11H2,1-2H3. The third-order valence-electron chi connectivity index (χ3n) is 5.28. The molecule has 2 aromatic rings. The predicted molar refractivity (Wildman–Crippen MR) is 93.2 cm³/mol. The number of rotatable bonds is 0. The lowest BCUT2D eigenvalue weighted by atomic mass is 9.90. The number of nitrogens with zero attached hydrogens (tertiary/aromatic N) is 3. The van der Waals surface area contributed by atoms with Crippen molar-refractivity contribution in [3.63, 3.8) is 0 Å². The Morgan fingerprint density at radius 2 is 1.83 bits per heavy atom. The van der Waals surface area contributed by atoms with Crippen LogP contribution < -0.4 is 0 Å². The van der Waals surface area contributed by atoms with Crippen molar-refractivity contribution in [1.29, 1.82) is 0 Å². The summed E-state index contributed by atoms with van der Waals surface area (Å²) in [7, 11) is 2.14. The summed E-state index contributed by atoms with van der Waals surface area (Å²) in [5.41, 5.74) is 4.92. The molecule has 3 heterocycles. The summed E-state index contributed by atoms with van der Waals surface area (Å²) >= 11 is 0. The van der Waals surface area contributed by atoms with Crippen LogP contribution in [0.5, 0.6) is 11.8 Å². The van der Waals surface area contributed by atoms with E-state index >= 15 is 0 Å². The van der Waals surface area contributed by atoms with Crippen LogP contribution in [0.1, 0.15) is 42.8 Å². The summed E-state index contributed by atoms with van der Waals surface area (Å²) in [5.74, 6) is 0.292. The Bertz CT molecular complexity index is 812. The van der Waals surface area contributed by atoms with E-state index in [2.05, 4.69) is 48.1 Å². The van der Waals surface area contributed by atoms with Crippen molar-refractivity contribution in [2.24, 2.45) is 0 Å². The van der Waals surface area contributed by atoms with Crippen LogP contribution in [0.25, 0.3) is 5.57 Å². The Morgan fingerprint density at radius 1 is 1.12 bits per heavy atom. The van der Waals surface area contributed by atoms with Gasteiger partial charge < -0.3 is 15.1 Å². The summed E-state index contributed by atoms with van der Waals surface area (Å²) in [6, 6.07) is 8.45. The maximum Gasteiger partial charge on any atom is 0.275 e. The van der Waals surface area contributed by atoms with Gasteiger partial charge in [-0.2, -0.15) is 4.98 Å². The molecular formula is C19H23N3O2. The van der Waals surface area contributed by atoms with Crippen molar-refractivity contribution in [2.45, 2.75) is 32.2 Å². The van der Waals surface area contributed by atoms with Crippen LogP contribution in [-0.2, 0) is 6.42 Å². The predicted octanol–water partition coefficient (Wildman–Crippen LogP) is 2.94. The molecule has 5 heteroatoms. The average Bonchev–Trinajstić information content (AvgIpc) is 2.79. The van der Waals surface area contributed by atoms with Crippen molar-refractivity contribution < 1.29 is 10.2 Å². The van der Waals surface area contributed by atoms with Gasteiger partial charge in [0, 0.05) is 24.7 Å². The van der Waals surface area contributed by atoms with Crippen molar-refractivity contribution in [1.82, 2.24) is 14.5 Å². The van der Waals surface area contributed by atoms with Crippen LogP contribution in [-0.4, -0.2) is 44.8 Å². The van der Waals surface area contributed by atoms with Gasteiger partial charge in [0.1, 0.15) is 5.82 Å². The van der Waals surface area contributed by atoms with E-state index in [-0.39, 0.29) is 17.8 Å². The highest BCUT2D eigenvalue weighted by Gasteiger charge is 2.30. The molecule has 1 unspecified atom stereocenters.